The number of aliphatic hydroxyl groups excluding tert-OH is 1. The predicted molar refractivity (Wildman–Crippen MR) is 404 cm³/mol. The van der Waals surface area contributed by atoms with Gasteiger partial charge in [0.1, 0.15) is 19.3 Å². The molecule has 0 heterocycles. The molecule has 0 rings (SSSR count). The van der Waals surface area contributed by atoms with Gasteiger partial charge in [-0.1, -0.05) is 357 Å². The zero-order valence-electron chi connectivity index (χ0n) is 65.1. The van der Waals surface area contributed by atoms with Crippen LogP contribution in [0.4, 0.5) is 0 Å². The second kappa shape index (κ2) is 69.1. The van der Waals surface area contributed by atoms with Gasteiger partial charge >= 0.3 is 39.5 Å². The van der Waals surface area contributed by atoms with Crippen molar-refractivity contribution in [3.05, 3.63) is 0 Å². The number of aliphatic hydroxyl groups is 1. The van der Waals surface area contributed by atoms with Crippen molar-refractivity contribution >= 4 is 39.5 Å². The quantitative estimate of drug-likeness (QED) is 0.0222. The standard InChI is InChI=1S/C80H156O17P2/c1-9-73(8)59-51-43-33-29-25-21-17-12-10-11-13-18-22-26-30-34-44-52-60-77(82)90-66-75(96-79(84)62-54-46-35-31-27-23-19-15-14-16-20-24-28-32-40-48-56-70(2)3)68-94-98(86,87)92-64-74(81)65-93-99(88,89)95-69-76(97-80(85)63-55-47-39-37-42-50-58-72(6)7)67-91-78(83)61-53-45-38-36-41-49-57-71(4)5/h70-76,81H,9-69H2,1-8H3,(H,86,87)(H,88,89)/t73?,74-,75-,76-/m1/s1. The monoisotopic (exact) mass is 1450 g/mol. The second-order valence-electron chi connectivity index (χ2n) is 30.5. The van der Waals surface area contributed by atoms with E-state index in [0.717, 1.165) is 108 Å². The summed E-state index contributed by atoms with van der Waals surface area (Å²) in [5.74, 6) is 0.908. The maximum Gasteiger partial charge on any atom is 0.472 e. The third-order valence-corrected chi connectivity index (χ3v) is 20.8. The fourth-order valence-electron chi connectivity index (χ4n) is 12.2. The first-order valence-corrected chi connectivity index (χ1v) is 44.2. The number of rotatable bonds is 77. The zero-order valence-corrected chi connectivity index (χ0v) is 66.9. The van der Waals surface area contributed by atoms with Gasteiger partial charge in [-0.3, -0.25) is 37.3 Å². The summed E-state index contributed by atoms with van der Waals surface area (Å²) in [6.07, 6.45) is 56.1. The van der Waals surface area contributed by atoms with Crippen LogP contribution in [0.1, 0.15) is 409 Å². The van der Waals surface area contributed by atoms with E-state index in [2.05, 4.69) is 55.4 Å². The lowest BCUT2D eigenvalue weighted by Crippen LogP contribution is -2.30. The molecule has 0 amide bonds. The number of phosphoric ester groups is 2. The molecule has 0 aliphatic carbocycles. The smallest absolute Gasteiger partial charge is 0.462 e. The first-order valence-electron chi connectivity index (χ1n) is 41.2. The summed E-state index contributed by atoms with van der Waals surface area (Å²) in [4.78, 5) is 72.8. The van der Waals surface area contributed by atoms with Crippen LogP contribution in [0.2, 0.25) is 0 Å². The molecule has 19 heteroatoms. The number of ether oxygens (including phenoxy) is 4. The summed E-state index contributed by atoms with van der Waals surface area (Å²) in [5, 5.41) is 10.6. The van der Waals surface area contributed by atoms with Crippen molar-refractivity contribution in [2.45, 2.75) is 427 Å². The Balaban J connectivity index is 5.16. The number of phosphoric acid groups is 2. The lowest BCUT2D eigenvalue weighted by atomic mass is 9.99. The molecule has 0 aliphatic rings. The van der Waals surface area contributed by atoms with Crippen molar-refractivity contribution in [1.82, 2.24) is 0 Å². The molecular weight excluding hydrogens is 1290 g/mol. The average molecular weight is 1450 g/mol. The van der Waals surface area contributed by atoms with E-state index in [1.54, 1.807) is 0 Å². The van der Waals surface area contributed by atoms with Crippen molar-refractivity contribution < 1.29 is 80.2 Å². The molecule has 0 radical (unpaired) electrons. The van der Waals surface area contributed by atoms with Gasteiger partial charge in [0.25, 0.3) is 0 Å². The van der Waals surface area contributed by atoms with Gasteiger partial charge in [0, 0.05) is 25.7 Å². The lowest BCUT2D eigenvalue weighted by molar-refractivity contribution is -0.161. The van der Waals surface area contributed by atoms with Crippen LogP contribution in [0.15, 0.2) is 0 Å². The Morgan fingerprint density at radius 2 is 0.485 bits per heavy atom. The Morgan fingerprint density at radius 1 is 0.283 bits per heavy atom. The molecule has 0 saturated heterocycles. The van der Waals surface area contributed by atoms with Crippen LogP contribution in [-0.4, -0.2) is 96.7 Å². The molecule has 0 fully saturated rings. The van der Waals surface area contributed by atoms with Crippen molar-refractivity contribution in [2.24, 2.45) is 23.7 Å². The van der Waals surface area contributed by atoms with Gasteiger partial charge in [-0.2, -0.15) is 0 Å². The molecule has 0 spiro atoms. The molecule has 0 saturated carbocycles. The lowest BCUT2D eigenvalue weighted by Gasteiger charge is -2.21. The van der Waals surface area contributed by atoms with E-state index in [-0.39, 0.29) is 25.7 Å². The van der Waals surface area contributed by atoms with Gasteiger partial charge in [-0.05, 0) is 49.4 Å². The van der Waals surface area contributed by atoms with E-state index < -0.39 is 97.5 Å². The van der Waals surface area contributed by atoms with Crippen LogP contribution in [0.5, 0.6) is 0 Å². The first-order chi connectivity index (χ1) is 47.6. The van der Waals surface area contributed by atoms with Gasteiger partial charge in [-0.25, -0.2) is 9.13 Å². The summed E-state index contributed by atoms with van der Waals surface area (Å²) in [5.41, 5.74) is 0. The molecule has 3 unspecified atom stereocenters. The van der Waals surface area contributed by atoms with Crippen LogP contribution in [0.3, 0.4) is 0 Å². The molecule has 0 aromatic rings. The number of unbranched alkanes of at least 4 members (excludes halogenated alkanes) is 42. The fraction of sp³-hybridized carbons (Fsp3) is 0.950. The van der Waals surface area contributed by atoms with Crippen LogP contribution in [-0.2, 0) is 65.4 Å². The van der Waals surface area contributed by atoms with Crippen LogP contribution >= 0.6 is 15.6 Å². The summed E-state index contributed by atoms with van der Waals surface area (Å²) in [7, 11) is -9.91. The topological polar surface area (TPSA) is 237 Å². The van der Waals surface area contributed by atoms with Crippen LogP contribution < -0.4 is 0 Å². The van der Waals surface area contributed by atoms with Crippen molar-refractivity contribution in [3.8, 4) is 0 Å². The Kier molecular flexibility index (Phi) is 67.8. The normalized spacial score (nSPS) is 14.3. The van der Waals surface area contributed by atoms with E-state index in [1.165, 1.54) is 205 Å². The van der Waals surface area contributed by atoms with Crippen molar-refractivity contribution in [1.29, 1.82) is 0 Å². The Hall–Kier alpha value is -1.94. The number of hydrogen-bond acceptors (Lipinski definition) is 15. The predicted octanol–water partition coefficient (Wildman–Crippen LogP) is 23.6. The minimum absolute atomic E-state index is 0.101. The minimum atomic E-state index is -4.96. The molecule has 0 aliphatic heterocycles. The van der Waals surface area contributed by atoms with Gasteiger partial charge in [0.05, 0.1) is 26.4 Å². The molecule has 0 aromatic carbocycles. The third kappa shape index (κ3) is 72.8. The first kappa shape index (κ1) is 97.1. The minimum Gasteiger partial charge on any atom is -0.462 e. The van der Waals surface area contributed by atoms with Crippen molar-refractivity contribution in [2.75, 3.05) is 39.6 Å². The van der Waals surface area contributed by atoms with E-state index in [4.69, 9.17) is 37.0 Å². The number of hydrogen-bond donors (Lipinski definition) is 3. The molecule has 0 bridgehead atoms. The fourth-order valence-corrected chi connectivity index (χ4v) is 13.8. The molecule has 0 aromatic heterocycles. The zero-order chi connectivity index (χ0) is 73.1. The highest BCUT2D eigenvalue weighted by atomic mass is 31.2. The Bertz CT molecular complexity index is 1940. The van der Waals surface area contributed by atoms with Crippen molar-refractivity contribution in [3.63, 3.8) is 0 Å². The maximum atomic E-state index is 13.1. The molecule has 6 atom stereocenters. The Labute approximate surface area is 607 Å². The molecule has 3 N–H and O–H groups in total. The Morgan fingerprint density at radius 3 is 0.717 bits per heavy atom. The molecular formula is C80H156O17P2. The van der Waals surface area contributed by atoms with Crippen LogP contribution in [0.25, 0.3) is 0 Å². The van der Waals surface area contributed by atoms with Crippen LogP contribution in [0, 0.1) is 23.7 Å². The molecule has 17 nitrogen and oxygen atoms in total. The highest BCUT2D eigenvalue weighted by Gasteiger charge is 2.30. The van der Waals surface area contributed by atoms with Gasteiger partial charge < -0.3 is 33.8 Å². The van der Waals surface area contributed by atoms with Gasteiger partial charge in [-0.15, -0.1) is 0 Å². The number of carbonyl (C=O) groups is 4. The number of esters is 4. The molecule has 99 heavy (non-hydrogen) atoms. The average Bonchev–Trinajstić information content (AvgIpc) is 1.04. The third-order valence-electron chi connectivity index (χ3n) is 18.9. The van der Waals surface area contributed by atoms with E-state index >= 15 is 0 Å². The maximum absolute atomic E-state index is 13.1. The van der Waals surface area contributed by atoms with E-state index in [9.17, 15) is 43.2 Å². The largest absolute Gasteiger partial charge is 0.472 e. The second-order valence-corrected chi connectivity index (χ2v) is 33.4. The highest BCUT2D eigenvalue weighted by molar-refractivity contribution is 7.47. The van der Waals surface area contributed by atoms with Gasteiger partial charge in [0.2, 0.25) is 0 Å². The SMILES string of the molecule is CCC(C)CCCCCCCCCCCCCCCCCCCCC(=O)OC[C@H](COP(=O)(O)OC[C@@H](O)COP(=O)(O)OC[C@@H](COC(=O)CCCCCCCCC(C)C)OC(=O)CCCCCCCCC(C)C)OC(=O)CCCCCCCCCCCCCCCCCCC(C)C. The highest BCUT2D eigenvalue weighted by Crippen LogP contribution is 2.45. The van der Waals surface area contributed by atoms with Gasteiger partial charge in [0.15, 0.2) is 12.2 Å². The summed E-state index contributed by atoms with van der Waals surface area (Å²) in [6, 6.07) is 0. The summed E-state index contributed by atoms with van der Waals surface area (Å²) >= 11 is 0. The number of carbonyl (C=O) groups excluding carboxylic acids is 4. The summed E-state index contributed by atoms with van der Waals surface area (Å²) in [6.45, 7) is 14.1. The van der Waals surface area contributed by atoms with E-state index in [0.29, 0.717) is 37.5 Å². The van der Waals surface area contributed by atoms with E-state index in [1.807, 2.05) is 0 Å². The molecule has 588 valence electrons. The summed E-state index contributed by atoms with van der Waals surface area (Å²) < 4.78 is 68.5.